The van der Waals surface area contributed by atoms with Crippen LogP contribution >= 0.6 is 0 Å². The Labute approximate surface area is 118 Å². The number of hydrogen-bond acceptors (Lipinski definition) is 3. The summed E-state index contributed by atoms with van der Waals surface area (Å²) in [6, 6.07) is 8.51. The molecule has 0 aliphatic carbocycles. The van der Waals surface area contributed by atoms with Crippen LogP contribution in [0, 0.1) is 0 Å². The number of alkyl halides is 3. The molecule has 0 saturated carbocycles. The van der Waals surface area contributed by atoms with Crippen LogP contribution in [0.5, 0.6) is 0 Å². The normalized spacial score (nSPS) is 12.0. The van der Waals surface area contributed by atoms with Gasteiger partial charge < -0.3 is 5.73 Å². The fraction of sp³-hybridized carbons (Fsp3) is 0.143. The minimum atomic E-state index is -4.35. The van der Waals surface area contributed by atoms with E-state index in [0.717, 1.165) is 12.1 Å². The van der Waals surface area contributed by atoms with Crippen LogP contribution in [0.2, 0.25) is 0 Å². The summed E-state index contributed by atoms with van der Waals surface area (Å²) in [7, 11) is 0. The van der Waals surface area contributed by atoms with E-state index in [1.54, 1.807) is 24.4 Å². The second kappa shape index (κ2) is 4.76. The van der Waals surface area contributed by atoms with Gasteiger partial charge in [0.25, 0.3) is 0 Å². The molecule has 0 saturated heterocycles. The molecule has 108 valence electrons. The smallest absolute Gasteiger partial charge is 0.384 e. The van der Waals surface area contributed by atoms with Crippen molar-refractivity contribution in [2.45, 2.75) is 12.6 Å². The zero-order valence-electron chi connectivity index (χ0n) is 10.8. The topological polar surface area (TPSA) is 56.2 Å². The van der Waals surface area contributed by atoms with E-state index in [1.165, 1.54) is 10.6 Å². The Morgan fingerprint density at radius 1 is 1.14 bits per heavy atom. The second-order valence-electron chi connectivity index (χ2n) is 4.65. The van der Waals surface area contributed by atoms with E-state index < -0.39 is 11.7 Å². The summed E-state index contributed by atoms with van der Waals surface area (Å²) in [5.74, 6) is 0.426. The molecular weight excluding hydrogens is 281 g/mol. The summed E-state index contributed by atoms with van der Waals surface area (Å²) < 4.78 is 39.5. The highest BCUT2D eigenvalue weighted by Crippen LogP contribution is 2.29. The van der Waals surface area contributed by atoms with Gasteiger partial charge in [-0.2, -0.15) is 22.8 Å². The predicted octanol–water partition coefficient (Wildman–Crippen LogP) is 2.92. The van der Waals surface area contributed by atoms with Crippen LogP contribution < -0.4 is 5.73 Å². The first kappa shape index (κ1) is 13.4. The Bertz CT molecular complexity index is 792. The highest BCUT2D eigenvalue weighted by atomic mass is 19.4. The maximum absolute atomic E-state index is 12.7. The highest BCUT2D eigenvalue weighted by molar-refractivity contribution is 5.47. The van der Waals surface area contributed by atoms with Crippen molar-refractivity contribution < 1.29 is 13.2 Å². The minimum Gasteiger partial charge on any atom is -0.384 e. The highest BCUT2D eigenvalue weighted by Gasteiger charge is 2.30. The lowest BCUT2D eigenvalue weighted by atomic mass is 10.1. The zero-order chi connectivity index (χ0) is 15.0. The van der Waals surface area contributed by atoms with Crippen LogP contribution in [0.4, 0.5) is 19.0 Å². The molecule has 2 aromatic heterocycles. The van der Waals surface area contributed by atoms with Crippen LogP contribution in [-0.2, 0) is 12.6 Å². The maximum atomic E-state index is 12.7. The maximum Gasteiger partial charge on any atom is 0.416 e. The number of anilines is 1. The number of benzene rings is 1. The summed E-state index contributed by atoms with van der Waals surface area (Å²) in [6.45, 7) is 0. The Kier molecular flexibility index (Phi) is 3.04. The number of nitrogens with two attached hydrogens (primary N) is 1. The fourth-order valence-corrected chi connectivity index (χ4v) is 2.11. The summed E-state index contributed by atoms with van der Waals surface area (Å²) in [5, 5.41) is 4.25. The van der Waals surface area contributed by atoms with Crippen molar-refractivity contribution >= 4 is 11.5 Å². The Balaban J connectivity index is 1.93. The summed E-state index contributed by atoms with van der Waals surface area (Å²) in [5.41, 5.74) is 6.80. The number of aromatic nitrogens is 3. The average Bonchev–Trinajstić information content (AvgIpc) is 2.82. The first-order valence-electron chi connectivity index (χ1n) is 6.19. The molecule has 2 N–H and O–H groups in total. The molecule has 0 spiro atoms. The molecule has 0 aliphatic heterocycles. The largest absolute Gasteiger partial charge is 0.416 e. The molecule has 7 heteroatoms. The third-order valence-corrected chi connectivity index (χ3v) is 3.08. The van der Waals surface area contributed by atoms with E-state index in [0.29, 0.717) is 22.7 Å². The molecule has 0 atom stereocenters. The molecule has 0 fully saturated rings. The van der Waals surface area contributed by atoms with Crippen molar-refractivity contribution in [1.29, 1.82) is 0 Å². The lowest BCUT2D eigenvalue weighted by molar-refractivity contribution is -0.137. The van der Waals surface area contributed by atoms with Gasteiger partial charge in [-0.05, 0) is 17.7 Å². The van der Waals surface area contributed by atoms with Crippen LogP contribution in [0.15, 0.2) is 42.6 Å². The van der Waals surface area contributed by atoms with E-state index in [1.807, 2.05) is 0 Å². The zero-order valence-corrected chi connectivity index (χ0v) is 10.8. The molecule has 0 amide bonds. The summed E-state index contributed by atoms with van der Waals surface area (Å²) >= 11 is 0. The van der Waals surface area contributed by atoms with Gasteiger partial charge >= 0.3 is 6.18 Å². The van der Waals surface area contributed by atoms with Crippen molar-refractivity contribution in [3.05, 3.63) is 59.4 Å². The Hall–Kier alpha value is -2.57. The van der Waals surface area contributed by atoms with Crippen molar-refractivity contribution in [3.63, 3.8) is 0 Å². The number of fused-ring (bicyclic) bond motifs is 1. The third kappa shape index (κ3) is 2.67. The molecule has 0 bridgehead atoms. The predicted molar refractivity (Wildman–Crippen MR) is 71.6 cm³/mol. The van der Waals surface area contributed by atoms with Gasteiger partial charge in [0.1, 0.15) is 5.82 Å². The van der Waals surface area contributed by atoms with Crippen LogP contribution in [0.1, 0.15) is 16.8 Å². The SMILES string of the molecule is Nc1ccnc2cc(Cc3cccc(C(F)(F)F)c3)nn12. The molecule has 3 aromatic rings. The van der Waals surface area contributed by atoms with Crippen molar-refractivity contribution in [2.24, 2.45) is 0 Å². The van der Waals surface area contributed by atoms with Gasteiger partial charge in [-0.3, -0.25) is 0 Å². The molecule has 21 heavy (non-hydrogen) atoms. The van der Waals surface area contributed by atoms with Crippen molar-refractivity contribution in [3.8, 4) is 0 Å². The van der Waals surface area contributed by atoms with Crippen molar-refractivity contribution in [2.75, 3.05) is 5.73 Å². The van der Waals surface area contributed by atoms with Gasteiger partial charge in [0.05, 0.1) is 11.3 Å². The van der Waals surface area contributed by atoms with E-state index in [2.05, 4.69) is 10.1 Å². The van der Waals surface area contributed by atoms with Crippen LogP contribution in [0.3, 0.4) is 0 Å². The number of rotatable bonds is 2. The Morgan fingerprint density at radius 2 is 1.95 bits per heavy atom. The lowest BCUT2D eigenvalue weighted by Crippen LogP contribution is -2.05. The molecule has 0 aliphatic rings. The molecule has 0 radical (unpaired) electrons. The van der Waals surface area contributed by atoms with Gasteiger partial charge in [0.2, 0.25) is 0 Å². The molecule has 4 nitrogen and oxygen atoms in total. The number of nitrogens with zero attached hydrogens (tertiary/aromatic N) is 3. The minimum absolute atomic E-state index is 0.284. The number of nitrogen functional groups attached to an aromatic ring is 1. The average molecular weight is 292 g/mol. The lowest BCUT2D eigenvalue weighted by Gasteiger charge is -2.07. The van der Waals surface area contributed by atoms with E-state index >= 15 is 0 Å². The van der Waals surface area contributed by atoms with Gasteiger partial charge in [-0.15, -0.1) is 0 Å². The number of hydrogen-bond donors (Lipinski definition) is 1. The molecule has 1 aromatic carbocycles. The first-order valence-corrected chi connectivity index (χ1v) is 6.19. The van der Waals surface area contributed by atoms with Gasteiger partial charge in [0.15, 0.2) is 5.65 Å². The van der Waals surface area contributed by atoms with E-state index in [9.17, 15) is 13.2 Å². The Morgan fingerprint density at radius 3 is 2.67 bits per heavy atom. The standard InChI is InChI=1S/C14H11F3N4/c15-14(16,17)10-3-1-2-9(6-10)7-11-8-13-19-5-4-12(18)21(13)20-11/h1-6,8H,7,18H2. The first-order chi connectivity index (χ1) is 9.93. The van der Waals surface area contributed by atoms with E-state index in [-0.39, 0.29) is 6.42 Å². The van der Waals surface area contributed by atoms with Gasteiger partial charge in [0, 0.05) is 18.7 Å². The van der Waals surface area contributed by atoms with Gasteiger partial charge in [-0.1, -0.05) is 18.2 Å². The molecular formula is C14H11F3N4. The quantitative estimate of drug-likeness (QED) is 0.790. The number of halogens is 3. The monoisotopic (exact) mass is 292 g/mol. The van der Waals surface area contributed by atoms with Crippen molar-refractivity contribution in [1.82, 2.24) is 14.6 Å². The van der Waals surface area contributed by atoms with Crippen LogP contribution in [-0.4, -0.2) is 14.6 Å². The fourth-order valence-electron chi connectivity index (χ4n) is 2.11. The third-order valence-electron chi connectivity index (χ3n) is 3.08. The summed E-state index contributed by atoms with van der Waals surface area (Å²) in [4.78, 5) is 4.10. The van der Waals surface area contributed by atoms with Gasteiger partial charge in [-0.25, -0.2) is 4.98 Å². The van der Waals surface area contributed by atoms with E-state index in [4.69, 9.17) is 5.73 Å². The second-order valence-corrected chi connectivity index (χ2v) is 4.65. The summed E-state index contributed by atoms with van der Waals surface area (Å²) in [6.07, 6.45) is -2.51. The van der Waals surface area contributed by atoms with Crippen LogP contribution in [0.25, 0.3) is 5.65 Å². The molecule has 3 rings (SSSR count). The molecule has 2 heterocycles. The molecule has 0 unspecified atom stereocenters.